The quantitative estimate of drug-likeness (QED) is 0.0480. The van der Waals surface area contributed by atoms with Crippen LogP contribution in [0, 0.1) is 6.92 Å². The summed E-state index contributed by atoms with van der Waals surface area (Å²) in [6.45, 7) is 6.44. The van der Waals surface area contributed by atoms with E-state index >= 15 is 0 Å². The molecule has 14 heteroatoms. The molecule has 1 N–H and O–H groups in total. The number of rotatable bonds is 11. The van der Waals surface area contributed by atoms with E-state index in [1.165, 1.54) is 16.7 Å². The molecular weight excluding hydrogens is 681 g/mol. The maximum Gasteiger partial charge on any atom is 0.301 e. The first-order chi connectivity index (χ1) is 22.7. The molecule has 1 saturated heterocycles. The minimum absolute atomic E-state index is 0.106. The lowest BCUT2D eigenvalue weighted by molar-refractivity contribution is -0.132. The van der Waals surface area contributed by atoms with Crippen LogP contribution in [0.5, 0.6) is 11.5 Å². The van der Waals surface area contributed by atoms with Crippen molar-refractivity contribution in [1.29, 1.82) is 0 Å². The number of imidazole rings is 1. The monoisotopic (exact) mass is 709 g/mol. The van der Waals surface area contributed by atoms with Crippen molar-refractivity contribution in [1.82, 2.24) is 19.6 Å². The number of Topliss-reactive ketones (excluding diaryl/α,β-unsaturated/α-hetero) is 1. The molecule has 242 valence electrons. The molecule has 0 saturated carbocycles. The van der Waals surface area contributed by atoms with E-state index < -0.39 is 17.7 Å². The van der Waals surface area contributed by atoms with E-state index in [0.717, 1.165) is 23.3 Å². The molecule has 0 aliphatic carbocycles. The number of thioether (sulfide) groups is 1. The van der Waals surface area contributed by atoms with Gasteiger partial charge >= 0.3 is 5.91 Å². The number of ketones is 1. The fourth-order valence-corrected chi connectivity index (χ4v) is 7.73. The minimum atomic E-state index is -1.06. The van der Waals surface area contributed by atoms with E-state index in [-0.39, 0.29) is 16.5 Å². The number of hydrogen-bond acceptors (Lipinski definition) is 10. The van der Waals surface area contributed by atoms with Crippen molar-refractivity contribution in [2.24, 2.45) is 0 Å². The normalized spacial score (nSPS) is 15.9. The summed E-state index contributed by atoms with van der Waals surface area (Å²) in [6, 6.07) is 14.9. The number of aryl methyl sites for hydroxylation is 1. The highest BCUT2D eigenvalue weighted by atomic mass is 35.5. The number of nitrogens with zero attached hydrogens (tertiary/aromatic N) is 5. The zero-order valence-corrected chi connectivity index (χ0v) is 28.7. The van der Waals surface area contributed by atoms with Gasteiger partial charge in [-0.1, -0.05) is 71.4 Å². The first kappa shape index (κ1) is 32.8. The molecule has 6 rings (SSSR count). The number of fused-ring (bicyclic) bond motifs is 1. The predicted octanol–water partition coefficient (Wildman–Crippen LogP) is 7.91. The van der Waals surface area contributed by atoms with Gasteiger partial charge in [-0.05, 0) is 67.8 Å². The van der Waals surface area contributed by atoms with Crippen molar-refractivity contribution in [3.8, 4) is 11.5 Å². The van der Waals surface area contributed by atoms with Crippen molar-refractivity contribution in [3.63, 3.8) is 0 Å². The van der Waals surface area contributed by atoms with Crippen LogP contribution >= 0.6 is 46.3 Å². The maximum absolute atomic E-state index is 13.9. The average molecular weight is 711 g/mol. The largest absolute Gasteiger partial charge is 0.505 e. The number of pyridine rings is 1. The average Bonchev–Trinajstić information content (AvgIpc) is 3.73. The summed E-state index contributed by atoms with van der Waals surface area (Å²) in [5.41, 5.74) is 2.65. The van der Waals surface area contributed by atoms with Crippen LogP contribution in [0.2, 0.25) is 10.0 Å². The lowest BCUT2D eigenvalue weighted by atomic mass is 9.96. The summed E-state index contributed by atoms with van der Waals surface area (Å²) in [5.74, 6) is -0.601. The summed E-state index contributed by atoms with van der Waals surface area (Å²) in [4.78, 5) is 33.6. The van der Waals surface area contributed by atoms with Crippen LogP contribution < -0.4 is 14.4 Å². The summed E-state index contributed by atoms with van der Waals surface area (Å²) >= 11 is 14.9. The van der Waals surface area contributed by atoms with Gasteiger partial charge in [0.2, 0.25) is 5.13 Å². The van der Waals surface area contributed by atoms with Gasteiger partial charge in [-0.15, -0.1) is 10.2 Å². The Morgan fingerprint density at radius 1 is 1.04 bits per heavy atom. The van der Waals surface area contributed by atoms with E-state index in [1.54, 1.807) is 60.0 Å². The number of carbonyl (C=O) groups excluding carboxylic acids is 2. The second kappa shape index (κ2) is 13.9. The number of amides is 1. The molecule has 10 nitrogen and oxygen atoms in total. The van der Waals surface area contributed by atoms with Crippen molar-refractivity contribution in [2.45, 2.75) is 43.3 Å². The third-order valence-corrected chi connectivity index (χ3v) is 10.1. The lowest BCUT2D eigenvalue weighted by Crippen LogP contribution is -2.29. The Morgan fingerprint density at radius 3 is 2.64 bits per heavy atom. The molecule has 1 aliphatic heterocycles. The van der Waals surface area contributed by atoms with Gasteiger partial charge < -0.3 is 14.6 Å². The van der Waals surface area contributed by atoms with E-state index in [2.05, 4.69) is 15.2 Å². The standard InChI is InChI=1S/C33H29Cl2N5O5S2/c1-4-14-45-23-12-10-19(15-24(23)44-5-2)28-26(29(41)27-18(3)36-25-8-6-7-13-39(25)27)30(42)31(43)40(28)32-37-38-33(47-32)46-17-20-9-11-21(34)16-22(20)35/h6-13,15-16,28,41H,4-5,14,17H2,1-3H3. The smallest absolute Gasteiger partial charge is 0.301 e. The number of aliphatic hydroxyl groups excluding tert-OH is 1. The van der Waals surface area contributed by atoms with Crippen LogP contribution in [-0.4, -0.2) is 49.6 Å². The Kier molecular flexibility index (Phi) is 9.74. The molecule has 5 aromatic rings. The highest BCUT2D eigenvalue weighted by Crippen LogP contribution is 2.46. The Bertz CT molecular complexity index is 2030. The molecule has 1 fully saturated rings. The number of benzene rings is 2. The van der Waals surface area contributed by atoms with Crippen LogP contribution in [0.3, 0.4) is 0 Å². The second-order valence-electron chi connectivity index (χ2n) is 10.5. The number of halogens is 2. The van der Waals surface area contributed by atoms with E-state index in [0.29, 0.717) is 67.4 Å². The molecule has 3 aromatic heterocycles. The first-order valence-corrected chi connectivity index (χ1v) is 17.3. The number of carbonyl (C=O) groups is 2. The van der Waals surface area contributed by atoms with Crippen LogP contribution in [0.4, 0.5) is 5.13 Å². The fraction of sp³-hybridized carbons (Fsp3) is 0.242. The van der Waals surface area contributed by atoms with Gasteiger partial charge in [0, 0.05) is 22.0 Å². The second-order valence-corrected chi connectivity index (χ2v) is 13.5. The van der Waals surface area contributed by atoms with Gasteiger partial charge in [0.05, 0.1) is 30.5 Å². The van der Waals surface area contributed by atoms with Gasteiger partial charge in [0.25, 0.3) is 5.78 Å². The molecule has 0 spiro atoms. The van der Waals surface area contributed by atoms with Gasteiger partial charge in [0.15, 0.2) is 21.6 Å². The summed E-state index contributed by atoms with van der Waals surface area (Å²) in [6.07, 6.45) is 2.54. The molecule has 0 bridgehead atoms. The van der Waals surface area contributed by atoms with E-state index in [1.807, 2.05) is 26.0 Å². The zero-order chi connectivity index (χ0) is 33.2. The number of ether oxygens (including phenoxy) is 2. The van der Waals surface area contributed by atoms with Gasteiger partial charge in [-0.3, -0.25) is 18.9 Å². The highest BCUT2D eigenvalue weighted by molar-refractivity contribution is 8.00. The SMILES string of the molecule is CCCOc1ccc(C2C(=C(O)c3c(C)nc4ccccn34)C(=O)C(=O)N2c2nnc(SCc3ccc(Cl)cc3Cl)s2)cc1OCC. The molecular formula is C33H29Cl2N5O5S2. The number of hydrogen-bond donors (Lipinski definition) is 1. The Balaban J connectivity index is 1.46. The topological polar surface area (TPSA) is 119 Å². The Morgan fingerprint density at radius 2 is 1.87 bits per heavy atom. The number of aromatic nitrogens is 4. The molecule has 1 unspecified atom stereocenters. The van der Waals surface area contributed by atoms with Crippen LogP contribution in [0.1, 0.15) is 48.8 Å². The maximum atomic E-state index is 13.9. The fourth-order valence-electron chi connectivity index (χ4n) is 5.30. The molecule has 1 amide bonds. The van der Waals surface area contributed by atoms with Gasteiger partial charge in [0.1, 0.15) is 11.3 Å². The van der Waals surface area contributed by atoms with Crippen molar-refractivity contribution in [2.75, 3.05) is 18.1 Å². The molecule has 1 atom stereocenters. The molecule has 4 heterocycles. The zero-order valence-electron chi connectivity index (χ0n) is 25.6. The van der Waals surface area contributed by atoms with Crippen LogP contribution in [-0.2, 0) is 15.3 Å². The number of anilines is 1. The summed E-state index contributed by atoms with van der Waals surface area (Å²) in [5, 5.41) is 21.8. The lowest BCUT2D eigenvalue weighted by Gasteiger charge is -2.23. The highest BCUT2D eigenvalue weighted by Gasteiger charge is 2.49. The van der Waals surface area contributed by atoms with E-state index in [4.69, 9.17) is 32.7 Å². The third kappa shape index (κ3) is 6.42. The Hall–Kier alpha value is -4.10. The van der Waals surface area contributed by atoms with Crippen molar-refractivity contribution >= 4 is 74.5 Å². The molecule has 2 aromatic carbocycles. The van der Waals surface area contributed by atoms with Crippen molar-refractivity contribution < 1.29 is 24.2 Å². The predicted molar refractivity (Wildman–Crippen MR) is 184 cm³/mol. The van der Waals surface area contributed by atoms with Crippen molar-refractivity contribution in [3.05, 3.63) is 98.9 Å². The third-order valence-electron chi connectivity index (χ3n) is 7.39. The molecule has 1 aliphatic rings. The van der Waals surface area contributed by atoms with Gasteiger partial charge in [-0.25, -0.2) is 4.98 Å². The summed E-state index contributed by atoms with van der Waals surface area (Å²) in [7, 11) is 0. The first-order valence-electron chi connectivity index (χ1n) is 14.8. The molecule has 47 heavy (non-hydrogen) atoms. The number of aliphatic hydroxyl groups is 1. The minimum Gasteiger partial charge on any atom is -0.505 e. The van der Waals surface area contributed by atoms with Gasteiger partial charge in [-0.2, -0.15) is 0 Å². The van der Waals surface area contributed by atoms with E-state index in [9.17, 15) is 14.7 Å². The molecule has 0 radical (unpaired) electrons. The van der Waals surface area contributed by atoms with Crippen LogP contribution in [0.25, 0.3) is 11.4 Å². The Labute approximate surface area is 289 Å². The van der Waals surface area contributed by atoms with Crippen LogP contribution in [0.15, 0.2) is 70.7 Å². The summed E-state index contributed by atoms with van der Waals surface area (Å²) < 4.78 is 14.1.